The molecule has 3 heteroatoms. The van der Waals surface area contributed by atoms with E-state index in [1.807, 2.05) is 13.8 Å². The molecule has 15 heavy (non-hydrogen) atoms. The van der Waals surface area contributed by atoms with Crippen molar-refractivity contribution in [2.75, 3.05) is 13.2 Å². The van der Waals surface area contributed by atoms with Crippen LogP contribution in [0.2, 0.25) is 0 Å². The molecule has 0 aromatic carbocycles. The Balaban J connectivity index is 3.43. The highest BCUT2D eigenvalue weighted by atomic mass is 16.5. The number of amidine groups is 1. The molecule has 0 aliphatic rings. The molecule has 0 spiro atoms. The van der Waals surface area contributed by atoms with Gasteiger partial charge in [-0.1, -0.05) is 27.7 Å². The maximum Gasteiger partial charge on any atom is 0.0963 e. The first kappa shape index (κ1) is 14.4. The molecular formula is C12H26N2O. The molecule has 0 aliphatic carbocycles. The average Bonchev–Trinajstić information content (AvgIpc) is 2.10. The summed E-state index contributed by atoms with van der Waals surface area (Å²) in [5, 5.41) is 7.39. The van der Waals surface area contributed by atoms with Gasteiger partial charge in [0.05, 0.1) is 5.84 Å². The molecule has 0 amide bonds. The minimum Gasteiger partial charge on any atom is -0.387 e. The van der Waals surface area contributed by atoms with Crippen LogP contribution in [0, 0.1) is 16.7 Å². The standard InChI is InChI=1S/C12H26N2O/c1-10(2)6-5-8-15-9-7-12(3,4)11(13)14/h10H,5-9H2,1-4H3,(H3,13,14). The third kappa shape index (κ3) is 7.37. The molecule has 0 bridgehead atoms. The zero-order valence-corrected chi connectivity index (χ0v) is 10.6. The molecule has 0 saturated carbocycles. The summed E-state index contributed by atoms with van der Waals surface area (Å²) in [4.78, 5) is 0. The van der Waals surface area contributed by atoms with Crippen LogP contribution in [0.5, 0.6) is 0 Å². The lowest BCUT2D eigenvalue weighted by Gasteiger charge is -2.22. The summed E-state index contributed by atoms with van der Waals surface area (Å²) in [5.74, 6) is 0.996. The summed E-state index contributed by atoms with van der Waals surface area (Å²) in [5.41, 5.74) is 5.25. The monoisotopic (exact) mass is 214 g/mol. The van der Waals surface area contributed by atoms with E-state index in [0.29, 0.717) is 6.61 Å². The van der Waals surface area contributed by atoms with E-state index in [1.165, 1.54) is 6.42 Å². The maximum atomic E-state index is 7.39. The predicted octanol–water partition coefficient (Wildman–Crippen LogP) is 2.79. The highest BCUT2D eigenvalue weighted by Gasteiger charge is 2.20. The fourth-order valence-electron chi connectivity index (χ4n) is 1.16. The lowest BCUT2D eigenvalue weighted by atomic mass is 9.88. The normalized spacial score (nSPS) is 12.1. The highest BCUT2D eigenvalue weighted by Crippen LogP contribution is 2.19. The van der Waals surface area contributed by atoms with E-state index in [-0.39, 0.29) is 11.3 Å². The van der Waals surface area contributed by atoms with Gasteiger partial charge in [0.1, 0.15) is 0 Å². The third-order valence-electron chi connectivity index (χ3n) is 2.67. The lowest BCUT2D eigenvalue weighted by Crippen LogP contribution is -2.31. The Bertz CT molecular complexity index is 188. The summed E-state index contributed by atoms with van der Waals surface area (Å²) in [7, 11) is 0. The number of rotatable bonds is 8. The fourth-order valence-corrected chi connectivity index (χ4v) is 1.16. The summed E-state index contributed by atoms with van der Waals surface area (Å²) < 4.78 is 5.52. The van der Waals surface area contributed by atoms with Crippen LogP contribution in [0.4, 0.5) is 0 Å². The summed E-state index contributed by atoms with van der Waals surface area (Å²) in [6, 6.07) is 0. The van der Waals surface area contributed by atoms with Crippen molar-refractivity contribution in [2.45, 2.75) is 47.0 Å². The number of hydrogen-bond acceptors (Lipinski definition) is 2. The number of nitrogens with two attached hydrogens (primary N) is 1. The van der Waals surface area contributed by atoms with Gasteiger partial charge in [0, 0.05) is 18.6 Å². The van der Waals surface area contributed by atoms with Crippen LogP contribution >= 0.6 is 0 Å². The molecule has 0 fully saturated rings. The van der Waals surface area contributed by atoms with Crippen molar-refractivity contribution in [3.05, 3.63) is 0 Å². The van der Waals surface area contributed by atoms with Crippen molar-refractivity contribution in [3.63, 3.8) is 0 Å². The molecule has 0 aliphatic heterocycles. The zero-order chi connectivity index (χ0) is 11.9. The third-order valence-corrected chi connectivity index (χ3v) is 2.67. The van der Waals surface area contributed by atoms with Gasteiger partial charge in [0.15, 0.2) is 0 Å². The number of nitrogens with one attached hydrogen (secondary N) is 1. The Kier molecular flexibility index (Phi) is 6.57. The van der Waals surface area contributed by atoms with Gasteiger partial charge < -0.3 is 10.5 Å². The van der Waals surface area contributed by atoms with Crippen molar-refractivity contribution in [3.8, 4) is 0 Å². The predicted molar refractivity (Wildman–Crippen MR) is 65.2 cm³/mol. The number of ether oxygens (including phenoxy) is 1. The van der Waals surface area contributed by atoms with Gasteiger partial charge in [-0.15, -0.1) is 0 Å². The molecular weight excluding hydrogens is 188 g/mol. The number of hydrogen-bond donors (Lipinski definition) is 2. The fraction of sp³-hybridized carbons (Fsp3) is 0.917. The summed E-state index contributed by atoms with van der Waals surface area (Å²) >= 11 is 0. The van der Waals surface area contributed by atoms with Crippen LogP contribution in [0.15, 0.2) is 0 Å². The van der Waals surface area contributed by atoms with Gasteiger partial charge in [-0.3, -0.25) is 5.41 Å². The largest absolute Gasteiger partial charge is 0.387 e. The first-order valence-electron chi connectivity index (χ1n) is 5.78. The molecule has 0 aromatic rings. The van der Waals surface area contributed by atoms with Crippen LogP contribution in [0.3, 0.4) is 0 Å². The molecule has 0 unspecified atom stereocenters. The second-order valence-corrected chi connectivity index (χ2v) is 5.20. The van der Waals surface area contributed by atoms with Gasteiger partial charge >= 0.3 is 0 Å². The molecule has 0 heterocycles. The van der Waals surface area contributed by atoms with Gasteiger partial charge in [-0.05, 0) is 25.2 Å². The van der Waals surface area contributed by atoms with Crippen LogP contribution in [-0.4, -0.2) is 19.0 Å². The quantitative estimate of drug-likeness (QED) is 0.371. The van der Waals surface area contributed by atoms with Crippen LogP contribution < -0.4 is 5.73 Å². The van der Waals surface area contributed by atoms with Crippen molar-refractivity contribution in [1.29, 1.82) is 5.41 Å². The van der Waals surface area contributed by atoms with Crippen molar-refractivity contribution in [2.24, 2.45) is 17.1 Å². The van der Waals surface area contributed by atoms with Gasteiger partial charge in [0.2, 0.25) is 0 Å². The second-order valence-electron chi connectivity index (χ2n) is 5.20. The first-order chi connectivity index (χ1) is 6.86. The Morgan fingerprint density at radius 2 is 1.93 bits per heavy atom. The van der Waals surface area contributed by atoms with E-state index in [0.717, 1.165) is 25.4 Å². The lowest BCUT2D eigenvalue weighted by molar-refractivity contribution is 0.111. The molecule has 3 N–H and O–H groups in total. The van der Waals surface area contributed by atoms with Gasteiger partial charge in [-0.25, -0.2) is 0 Å². The minimum absolute atomic E-state index is 0.224. The van der Waals surface area contributed by atoms with E-state index < -0.39 is 0 Å². The van der Waals surface area contributed by atoms with E-state index in [9.17, 15) is 0 Å². The Morgan fingerprint density at radius 3 is 2.40 bits per heavy atom. The zero-order valence-electron chi connectivity index (χ0n) is 10.6. The van der Waals surface area contributed by atoms with Crippen molar-refractivity contribution in [1.82, 2.24) is 0 Å². The van der Waals surface area contributed by atoms with Crippen LogP contribution in [0.1, 0.15) is 47.0 Å². The smallest absolute Gasteiger partial charge is 0.0963 e. The van der Waals surface area contributed by atoms with Crippen molar-refractivity contribution < 1.29 is 4.74 Å². The van der Waals surface area contributed by atoms with Crippen molar-refractivity contribution >= 4 is 5.84 Å². The SMILES string of the molecule is CC(C)CCCOCCC(C)(C)C(=N)N. The second kappa shape index (κ2) is 6.83. The molecule has 0 saturated heterocycles. The van der Waals surface area contributed by atoms with Gasteiger partial charge in [0.25, 0.3) is 0 Å². The molecule has 0 atom stereocenters. The average molecular weight is 214 g/mol. The van der Waals surface area contributed by atoms with Crippen LogP contribution in [0.25, 0.3) is 0 Å². The summed E-state index contributed by atoms with van der Waals surface area (Å²) in [6.07, 6.45) is 3.16. The molecule has 90 valence electrons. The molecule has 0 rings (SSSR count). The highest BCUT2D eigenvalue weighted by molar-refractivity contribution is 5.82. The maximum absolute atomic E-state index is 7.39. The molecule has 3 nitrogen and oxygen atoms in total. The first-order valence-corrected chi connectivity index (χ1v) is 5.78. The van der Waals surface area contributed by atoms with E-state index in [1.54, 1.807) is 0 Å². The Morgan fingerprint density at radius 1 is 1.33 bits per heavy atom. The minimum atomic E-state index is -0.224. The Hall–Kier alpha value is -0.570. The van der Waals surface area contributed by atoms with E-state index in [4.69, 9.17) is 15.9 Å². The van der Waals surface area contributed by atoms with Gasteiger partial charge in [-0.2, -0.15) is 0 Å². The topological polar surface area (TPSA) is 59.1 Å². The van der Waals surface area contributed by atoms with E-state index >= 15 is 0 Å². The Labute approximate surface area is 93.9 Å². The van der Waals surface area contributed by atoms with E-state index in [2.05, 4.69) is 13.8 Å². The molecule has 0 aromatic heterocycles. The molecule has 0 radical (unpaired) electrons. The summed E-state index contributed by atoms with van der Waals surface area (Å²) in [6.45, 7) is 9.92. The van der Waals surface area contributed by atoms with Crippen LogP contribution in [-0.2, 0) is 4.74 Å².